The number of aromatic nitrogens is 2. The highest BCUT2D eigenvalue weighted by Gasteiger charge is 2.15. The van der Waals surface area contributed by atoms with Crippen molar-refractivity contribution in [1.29, 1.82) is 0 Å². The van der Waals surface area contributed by atoms with Crippen LogP contribution in [-0.4, -0.2) is 47.0 Å². The number of amides is 1. The Hall–Kier alpha value is -1.49. The summed E-state index contributed by atoms with van der Waals surface area (Å²) in [5, 5.41) is 2.94. The van der Waals surface area contributed by atoms with Crippen molar-refractivity contribution >= 4 is 5.91 Å². The number of hydrogen-bond acceptors (Lipinski definition) is 4. The zero-order valence-corrected chi connectivity index (χ0v) is 11.7. The van der Waals surface area contributed by atoms with Gasteiger partial charge in [-0.1, -0.05) is 6.92 Å². The van der Waals surface area contributed by atoms with Crippen LogP contribution in [-0.2, 0) is 0 Å². The van der Waals surface area contributed by atoms with Crippen LogP contribution in [0.4, 0.5) is 0 Å². The summed E-state index contributed by atoms with van der Waals surface area (Å²) in [7, 11) is 0. The molecule has 0 bridgehead atoms. The molecule has 0 aliphatic carbocycles. The van der Waals surface area contributed by atoms with Gasteiger partial charge in [-0.05, 0) is 38.8 Å². The second-order valence-electron chi connectivity index (χ2n) is 5.30. The zero-order valence-electron chi connectivity index (χ0n) is 11.7. The quantitative estimate of drug-likeness (QED) is 0.887. The molecular weight excluding hydrogens is 240 g/mol. The third-order valence-corrected chi connectivity index (χ3v) is 3.75. The van der Waals surface area contributed by atoms with Gasteiger partial charge in [-0.3, -0.25) is 4.79 Å². The molecular formula is C14H22N4O. The number of likely N-dealkylation sites (tertiary alicyclic amines) is 1. The fourth-order valence-electron chi connectivity index (χ4n) is 2.32. The largest absolute Gasteiger partial charge is 0.351 e. The number of aryl methyl sites for hydroxylation is 1. The van der Waals surface area contributed by atoms with Crippen molar-refractivity contribution in [1.82, 2.24) is 20.2 Å². The maximum Gasteiger partial charge on any atom is 0.254 e. The lowest BCUT2D eigenvalue weighted by molar-refractivity contribution is 0.0943. The van der Waals surface area contributed by atoms with Gasteiger partial charge >= 0.3 is 0 Å². The average molecular weight is 262 g/mol. The number of nitrogens with zero attached hydrogens (tertiary/aromatic N) is 3. The van der Waals surface area contributed by atoms with Gasteiger partial charge in [0.15, 0.2) is 0 Å². The highest BCUT2D eigenvalue weighted by Crippen LogP contribution is 2.15. The molecule has 0 spiro atoms. The number of piperidine rings is 1. The molecule has 104 valence electrons. The molecule has 0 atom stereocenters. The van der Waals surface area contributed by atoms with Gasteiger partial charge in [-0.25, -0.2) is 9.97 Å². The minimum absolute atomic E-state index is 0.0801. The van der Waals surface area contributed by atoms with Crippen LogP contribution in [0, 0.1) is 12.8 Å². The molecule has 0 aromatic carbocycles. The molecule has 2 heterocycles. The molecule has 0 saturated carbocycles. The first kappa shape index (κ1) is 13.9. The van der Waals surface area contributed by atoms with E-state index in [-0.39, 0.29) is 5.91 Å². The molecule has 2 rings (SSSR count). The van der Waals surface area contributed by atoms with Crippen molar-refractivity contribution in [2.45, 2.75) is 26.7 Å². The summed E-state index contributed by atoms with van der Waals surface area (Å²) in [5.74, 6) is 0.762. The van der Waals surface area contributed by atoms with E-state index in [2.05, 4.69) is 27.1 Å². The Morgan fingerprint density at radius 3 is 2.89 bits per heavy atom. The summed E-state index contributed by atoms with van der Waals surface area (Å²) in [6.45, 7) is 8.02. The van der Waals surface area contributed by atoms with E-state index in [0.29, 0.717) is 12.1 Å². The molecule has 1 aromatic heterocycles. The molecule has 1 fully saturated rings. The summed E-state index contributed by atoms with van der Waals surface area (Å²) >= 11 is 0. The minimum Gasteiger partial charge on any atom is -0.351 e. The van der Waals surface area contributed by atoms with E-state index in [1.165, 1.54) is 19.2 Å². The van der Waals surface area contributed by atoms with Gasteiger partial charge in [-0.15, -0.1) is 0 Å². The lowest BCUT2D eigenvalue weighted by Crippen LogP contribution is -2.39. The third-order valence-electron chi connectivity index (χ3n) is 3.75. The lowest BCUT2D eigenvalue weighted by Gasteiger charge is -2.30. The number of nitrogens with one attached hydrogen (secondary N) is 1. The van der Waals surface area contributed by atoms with Gasteiger partial charge in [0.2, 0.25) is 0 Å². The topological polar surface area (TPSA) is 58.1 Å². The fraction of sp³-hybridized carbons (Fsp3) is 0.643. The van der Waals surface area contributed by atoms with Gasteiger partial charge in [0, 0.05) is 19.3 Å². The predicted octanol–water partition coefficient (Wildman–Crippen LogP) is 1.25. The maximum atomic E-state index is 11.9. The third kappa shape index (κ3) is 3.99. The fourth-order valence-corrected chi connectivity index (χ4v) is 2.32. The second-order valence-corrected chi connectivity index (χ2v) is 5.30. The van der Waals surface area contributed by atoms with E-state index in [4.69, 9.17) is 0 Å². The molecule has 1 aromatic rings. The van der Waals surface area contributed by atoms with E-state index in [1.54, 1.807) is 6.20 Å². The van der Waals surface area contributed by atoms with Crippen molar-refractivity contribution in [2.75, 3.05) is 26.2 Å². The molecule has 5 heteroatoms. The molecule has 19 heavy (non-hydrogen) atoms. The normalized spacial score (nSPS) is 17.4. The molecule has 1 saturated heterocycles. The Balaban J connectivity index is 1.74. The van der Waals surface area contributed by atoms with Crippen molar-refractivity contribution < 1.29 is 4.79 Å². The standard InChI is InChI=1S/C14H22N4O/c1-11-3-6-18(7-4-11)8-5-16-14(19)13-9-15-10-17-12(13)2/h9-11H,3-8H2,1-2H3,(H,16,19). The minimum atomic E-state index is -0.0801. The number of rotatable bonds is 4. The van der Waals surface area contributed by atoms with E-state index in [9.17, 15) is 4.79 Å². The van der Waals surface area contributed by atoms with E-state index < -0.39 is 0 Å². The van der Waals surface area contributed by atoms with Crippen LogP contribution in [0.3, 0.4) is 0 Å². The Labute approximate surface area is 114 Å². The Morgan fingerprint density at radius 1 is 1.47 bits per heavy atom. The van der Waals surface area contributed by atoms with E-state index in [0.717, 1.165) is 31.2 Å². The van der Waals surface area contributed by atoms with Gasteiger partial charge in [0.05, 0.1) is 11.3 Å². The highest BCUT2D eigenvalue weighted by atomic mass is 16.1. The van der Waals surface area contributed by atoms with Crippen LogP contribution in [0.1, 0.15) is 35.8 Å². The smallest absolute Gasteiger partial charge is 0.254 e. The van der Waals surface area contributed by atoms with Crippen molar-refractivity contribution in [3.05, 3.63) is 23.8 Å². The Morgan fingerprint density at radius 2 is 2.21 bits per heavy atom. The molecule has 5 nitrogen and oxygen atoms in total. The van der Waals surface area contributed by atoms with Crippen LogP contribution in [0.2, 0.25) is 0 Å². The molecule has 1 aliphatic heterocycles. The van der Waals surface area contributed by atoms with Gasteiger partial charge in [0.1, 0.15) is 6.33 Å². The van der Waals surface area contributed by atoms with Crippen LogP contribution < -0.4 is 5.32 Å². The highest BCUT2D eigenvalue weighted by molar-refractivity contribution is 5.94. The number of hydrogen-bond donors (Lipinski definition) is 1. The first-order valence-electron chi connectivity index (χ1n) is 6.94. The first-order chi connectivity index (χ1) is 9.16. The van der Waals surface area contributed by atoms with Crippen LogP contribution in [0.15, 0.2) is 12.5 Å². The first-order valence-corrected chi connectivity index (χ1v) is 6.94. The summed E-state index contributed by atoms with van der Waals surface area (Å²) in [6, 6.07) is 0. The molecule has 1 aliphatic rings. The summed E-state index contributed by atoms with van der Waals surface area (Å²) in [4.78, 5) is 22.3. The van der Waals surface area contributed by atoms with Crippen LogP contribution >= 0.6 is 0 Å². The molecule has 0 unspecified atom stereocenters. The molecule has 0 radical (unpaired) electrons. The second kappa shape index (κ2) is 6.61. The lowest BCUT2D eigenvalue weighted by atomic mass is 9.99. The summed E-state index contributed by atoms with van der Waals surface area (Å²) in [5.41, 5.74) is 1.29. The van der Waals surface area contributed by atoms with Crippen LogP contribution in [0.5, 0.6) is 0 Å². The van der Waals surface area contributed by atoms with Crippen molar-refractivity contribution in [2.24, 2.45) is 5.92 Å². The zero-order chi connectivity index (χ0) is 13.7. The van der Waals surface area contributed by atoms with E-state index >= 15 is 0 Å². The molecule has 1 amide bonds. The monoisotopic (exact) mass is 262 g/mol. The average Bonchev–Trinajstić information content (AvgIpc) is 2.41. The maximum absolute atomic E-state index is 11.9. The Bertz CT molecular complexity index is 427. The summed E-state index contributed by atoms with van der Waals surface area (Å²) < 4.78 is 0. The number of carbonyl (C=O) groups excluding carboxylic acids is 1. The Kier molecular flexibility index (Phi) is 4.85. The SMILES string of the molecule is Cc1ncncc1C(=O)NCCN1CCC(C)CC1. The van der Waals surface area contributed by atoms with Crippen molar-refractivity contribution in [3.8, 4) is 0 Å². The van der Waals surface area contributed by atoms with Gasteiger partial charge < -0.3 is 10.2 Å². The van der Waals surface area contributed by atoms with E-state index in [1.807, 2.05) is 6.92 Å². The van der Waals surface area contributed by atoms with Gasteiger partial charge in [-0.2, -0.15) is 0 Å². The van der Waals surface area contributed by atoms with Crippen molar-refractivity contribution in [3.63, 3.8) is 0 Å². The van der Waals surface area contributed by atoms with Gasteiger partial charge in [0.25, 0.3) is 5.91 Å². The number of carbonyl (C=O) groups is 1. The predicted molar refractivity (Wildman–Crippen MR) is 73.9 cm³/mol. The molecule has 1 N–H and O–H groups in total. The van der Waals surface area contributed by atoms with Crippen LogP contribution in [0.25, 0.3) is 0 Å². The summed E-state index contributed by atoms with van der Waals surface area (Å²) in [6.07, 6.45) is 5.56.